The minimum atomic E-state index is -0.387. The molecule has 5 heteroatoms. The number of benzene rings is 1. The molecule has 1 aromatic heterocycles. The predicted molar refractivity (Wildman–Crippen MR) is 73.8 cm³/mol. The molecule has 3 rings (SSSR count). The van der Waals surface area contributed by atoms with Gasteiger partial charge in [-0.15, -0.1) is 0 Å². The number of hydrogen-bond acceptors (Lipinski definition) is 4. The standard InChI is InChI=1S/C15H16FN3O/c1-20-14-6-11(2-5-13(14)16)15-18-8-10(9-19-15)7-17-12-3-4-12/h2,5-6,8-9,12,17H,3-4,7H2,1H3. The molecule has 1 heterocycles. The Labute approximate surface area is 117 Å². The monoisotopic (exact) mass is 273 g/mol. The second-order valence-corrected chi connectivity index (χ2v) is 4.92. The molecule has 0 saturated heterocycles. The van der Waals surface area contributed by atoms with E-state index < -0.39 is 0 Å². The Morgan fingerprint density at radius 2 is 2.05 bits per heavy atom. The molecule has 0 bridgehead atoms. The van der Waals surface area contributed by atoms with Crippen molar-refractivity contribution in [2.24, 2.45) is 0 Å². The molecule has 0 radical (unpaired) electrons. The van der Waals surface area contributed by atoms with Crippen LogP contribution in [0, 0.1) is 5.82 Å². The van der Waals surface area contributed by atoms with Crippen LogP contribution in [0.25, 0.3) is 11.4 Å². The van der Waals surface area contributed by atoms with E-state index in [9.17, 15) is 4.39 Å². The van der Waals surface area contributed by atoms with E-state index in [1.807, 2.05) is 0 Å². The first kappa shape index (κ1) is 13.0. The first-order valence-electron chi connectivity index (χ1n) is 6.64. The van der Waals surface area contributed by atoms with Crippen molar-refractivity contribution in [3.63, 3.8) is 0 Å². The molecule has 2 aromatic rings. The molecule has 0 amide bonds. The van der Waals surface area contributed by atoms with Crippen LogP contribution >= 0.6 is 0 Å². The van der Waals surface area contributed by atoms with E-state index in [1.54, 1.807) is 24.5 Å². The van der Waals surface area contributed by atoms with Crippen molar-refractivity contribution in [3.8, 4) is 17.1 Å². The molecule has 0 atom stereocenters. The Morgan fingerprint density at radius 3 is 2.70 bits per heavy atom. The van der Waals surface area contributed by atoms with Gasteiger partial charge < -0.3 is 10.1 Å². The third-order valence-corrected chi connectivity index (χ3v) is 3.29. The summed E-state index contributed by atoms with van der Waals surface area (Å²) in [6.07, 6.45) is 6.11. The number of aromatic nitrogens is 2. The Balaban J connectivity index is 1.75. The Kier molecular flexibility index (Phi) is 3.60. The van der Waals surface area contributed by atoms with Crippen LogP contribution in [-0.2, 0) is 6.54 Å². The van der Waals surface area contributed by atoms with Crippen molar-refractivity contribution >= 4 is 0 Å². The summed E-state index contributed by atoms with van der Waals surface area (Å²) in [6.45, 7) is 0.789. The third kappa shape index (κ3) is 2.93. The number of rotatable bonds is 5. The van der Waals surface area contributed by atoms with E-state index in [0.29, 0.717) is 11.9 Å². The maximum absolute atomic E-state index is 13.4. The van der Waals surface area contributed by atoms with E-state index in [-0.39, 0.29) is 11.6 Å². The largest absolute Gasteiger partial charge is 0.494 e. The molecule has 0 unspecified atom stereocenters. The molecule has 1 aliphatic rings. The number of nitrogens with one attached hydrogen (secondary N) is 1. The number of ether oxygens (including phenoxy) is 1. The van der Waals surface area contributed by atoms with Crippen LogP contribution in [0.15, 0.2) is 30.6 Å². The first-order chi connectivity index (χ1) is 9.76. The number of methoxy groups -OCH3 is 1. The van der Waals surface area contributed by atoms with Crippen molar-refractivity contribution in [1.29, 1.82) is 0 Å². The minimum absolute atomic E-state index is 0.200. The highest BCUT2D eigenvalue weighted by atomic mass is 19.1. The molecule has 104 valence electrons. The van der Waals surface area contributed by atoms with Gasteiger partial charge in [0.05, 0.1) is 7.11 Å². The normalized spacial score (nSPS) is 14.3. The molecule has 1 saturated carbocycles. The van der Waals surface area contributed by atoms with Gasteiger partial charge in [-0.3, -0.25) is 0 Å². The SMILES string of the molecule is COc1cc(-c2ncc(CNC3CC3)cn2)ccc1F. The van der Waals surface area contributed by atoms with Crippen LogP contribution < -0.4 is 10.1 Å². The third-order valence-electron chi connectivity index (χ3n) is 3.29. The molecule has 4 nitrogen and oxygen atoms in total. The fourth-order valence-corrected chi connectivity index (χ4v) is 1.94. The minimum Gasteiger partial charge on any atom is -0.494 e. The fraction of sp³-hybridized carbons (Fsp3) is 0.333. The lowest BCUT2D eigenvalue weighted by Gasteiger charge is -2.06. The molecular weight excluding hydrogens is 257 g/mol. The molecule has 0 aliphatic heterocycles. The molecular formula is C15H16FN3O. The van der Waals surface area contributed by atoms with E-state index in [4.69, 9.17) is 4.74 Å². The second-order valence-electron chi connectivity index (χ2n) is 4.92. The van der Waals surface area contributed by atoms with E-state index >= 15 is 0 Å². The smallest absolute Gasteiger partial charge is 0.165 e. The quantitative estimate of drug-likeness (QED) is 0.909. The zero-order valence-corrected chi connectivity index (χ0v) is 11.3. The highest BCUT2D eigenvalue weighted by molar-refractivity contribution is 5.57. The molecule has 1 aromatic carbocycles. The average molecular weight is 273 g/mol. The molecule has 0 spiro atoms. The molecule has 1 fully saturated rings. The zero-order valence-electron chi connectivity index (χ0n) is 11.3. The van der Waals surface area contributed by atoms with E-state index in [1.165, 1.54) is 26.0 Å². The van der Waals surface area contributed by atoms with Crippen molar-refractivity contribution in [2.75, 3.05) is 7.11 Å². The van der Waals surface area contributed by atoms with Gasteiger partial charge in [-0.25, -0.2) is 14.4 Å². The van der Waals surface area contributed by atoms with E-state index in [2.05, 4.69) is 15.3 Å². The Hall–Kier alpha value is -2.01. The number of nitrogens with zero attached hydrogens (tertiary/aromatic N) is 2. The van der Waals surface area contributed by atoms with Gasteiger partial charge >= 0.3 is 0 Å². The van der Waals surface area contributed by atoms with Gasteiger partial charge in [0.25, 0.3) is 0 Å². The Morgan fingerprint density at radius 1 is 1.30 bits per heavy atom. The predicted octanol–water partition coefficient (Wildman–Crippen LogP) is 2.54. The van der Waals surface area contributed by atoms with E-state index in [0.717, 1.165) is 17.7 Å². The lowest BCUT2D eigenvalue weighted by atomic mass is 10.2. The van der Waals surface area contributed by atoms with Crippen LogP contribution in [0.3, 0.4) is 0 Å². The molecule has 1 aliphatic carbocycles. The second kappa shape index (κ2) is 5.54. The summed E-state index contributed by atoms with van der Waals surface area (Å²) in [7, 11) is 1.44. The average Bonchev–Trinajstić information content (AvgIpc) is 3.30. The van der Waals surface area contributed by atoms with Gasteiger partial charge in [0.2, 0.25) is 0 Å². The van der Waals surface area contributed by atoms with Crippen LogP contribution in [-0.4, -0.2) is 23.1 Å². The first-order valence-corrected chi connectivity index (χ1v) is 6.64. The summed E-state index contributed by atoms with van der Waals surface area (Å²) in [5.74, 6) is 0.380. The Bertz CT molecular complexity index is 597. The fourth-order valence-electron chi connectivity index (χ4n) is 1.94. The van der Waals surface area contributed by atoms with Gasteiger partial charge in [0.1, 0.15) is 0 Å². The topological polar surface area (TPSA) is 47.0 Å². The van der Waals surface area contributed by atoms with Crippen molar-refractivity contribution in [2.45, 2.75) is 25.4 Å². The summed E-state index contributed by atoms with van der Waals surface area (Å²) in [5.41, 5.74) is 1.79. The molecule has 1 N–H and O–H groups in total. The highest BCUT2D eigenvalue weighted by Crippen LogP contribution is 2.24. The van der Waals surface area contributed by atoms with Gasteiger partial charge in [0, 0.05) is 36.1 Å². The lowest BCUT2D eigenvalue weighted by Crippen LogP contribution is -2.15. The summed E-state index contributed by atoms with van der Waals surface area (Å²) in [6, 6.07) is 5.28. The maximum Gasteiger partial charge on any atom is 0.165 e. The van der Waals surface area contributed by atoms with Gasteiger partial charge in [-0.2, -0.15) is 0 Å². The summed E-state index contributed by atoms with van der Waals surface area (Å²) < 4.78 is 18.3. The lowest BCUT2D eigenvalue weighted by molar-refractivity contribution is 0.387. The van der Waals surface area contributed by atoms with Crippen LogP contribution in [0.4, 0.5) is 4.39 Å². The summed E-state index contributed by atoms with van der Waals surface area (Å²) >= 11 is 0. The van der Waals surface area contributed by atoms with Crippen molar-refractivity contribution in [3.05, 3.63) is 42.0 Å². The number of halogens is 1. The van der Waals surface area contributed by atoms with Crippen LogP contribution in [0.5, 0.6) is 5.75 Å². The van der Waals surface area contributed by atoms with Crippen LogP contribution in [0.2, 0.25) is 0 Å². The van der Waals surface area contributed by atoms with Crippen molar-refractivity contribution < 1.29 is 9.13 Å². The highest BCUT2D eigenvalue weighted by Gasteiger charge is 2.20. The van der Waals surface area contributed by atoms with Crippen LogP contribution in [0.1, 0.15) is 18.4 Å². The van der Waals surface area contributed by atoms with Crippen molar-refractivity contribution in [1.82, 2.24) is 15.3 Å². The van der Waals surface area contributed by atoms with Gasteiger partial charge in [-0.1, -0.05) is 0 Å². The van der Waals surface area contributed by atoms with Gasteiger partial charge in [-0.05, 0) is 31.0 Å². The summed E-state index contributed by atoms with van der Waals surface area (Å²) in [4.78, 5) is 8.65. The molecule has 20 heavy (non-hydrogen) atoms. The summed E-state index contributed by atoms with van der Waals surface area (Å²) in [5, 5.41) is 3.41. The van der Waals surface area contributed by atoms with Gasteiger partial charge in [0.15, 0.2) is 17.4 Å². The zero-order chi connectivity index (χ0) is 13.9. The number of hydrogen-bond donors (Lipinski definition) is 1. The maximum atomic E-state index is 13.4.